The van der Waals surface area contributed by atoms with Gasteiger partial charge in [-0.1, -0.05) is 29.8 Å². The molecule has 2 atom stereocenters. The maximum atomic E-state index is 9.55. The Kier molecular flexibility index (Phi) is 2.57. The van der Waals surface area contributed by atoms with Crippen molar-refractivity contribution in [1.29, 1.82) is 0 Å². The third-order valence-electron chi connectivity index (χ3n) is 3.16. The zero-order chi connectivity index (χ0) is 12.7. The Balaban J connectivity index is 1.96. The number of hydrazine groups is 1. The minimum atomic E-state index is -0.552. The molecule has 2 heterocycles. The zero-order valence-electron chi connectivity index (χ0n) is 10.4. The summed E-state index contributed by atoms with van der Waals surface area (Å²) in [6.45, 7) is 3.78. The van der Waals surface area contributed by atoms with Gasteiger partial charge in [0.15, 0.2) is 0 Å². The minimum absolute atomic E-state index is 0.0342. The molecule has 3 rings (SSSR count). The first-order valence-electron chi connectivity index (χ1n) is 6.01. The largest absolute Gasteiger partial charge is 0.387 e. The summed E-state index contributed by atoms with van der Waals surface area (Å²) in [7, 11) is 0. The molecule has 0 spiro atoms. The molecular formula is C13H16N4O. The lowest BCUT2D eigenvalue weighted by atomic mass is 10.1. The normalized spacial score (nSPS) is 19.4. The number of fused-ring (bicyclic) bond motifs is 1. The Bertz CT molecular complexity index is 559. The molecule has 5 heteroatoms. The van der Waals surface area contributed by atoms with E-state index in [-0.39, 0.29) is 6.17 Å². The topological polar surface area (TPSA) is 62.1 Å². The van der Waals surface area contributed by atoms with E-state index in [1.54, 1.807) is 6.92 Å². The number of anilines is 1. The number of hydrogen-bond acceptors (Lipinski definition) is 4. The van der Waals surface area contributed by atoms with Crippen LogP contribution in [0, 0.1) is 6.92 Å². The zero-order valence-corrected chi connectivity index (χ0v) is 10.4. The molecule has 0 saturated carbocycles. The van der Waals surface area contributed by atoms with Crippen molar-refractivity contribution in [3.05, 3.63) is 47.2 Å². The van der Waals surface area contributed by atoms with Crippen LogP contribution in [0.25, 0.3) is 0 Å². The van der Waals surface area contributed by atoms with Gasteiger partial charge in [0.05, 0.1) is 11.8 Å². The van der Waals surface area contributed by atoms with Crippen LogP contribution in [0.3, 0.4) is 0 Å². The van der Waals surface area contributed by atoms with Gasteiger partial charge in [-0.3, -0.25) is 0 Å². The standard InChI is InChI=1S/C13H16N4O/c1-8-3-5-10(6-4-8)13-15-14-12-7-11(9(2)18)16-17(12)13/h3-7,9,13-15,18H,1-2H3. The Hall–Kier alpha value is -1.85. The van der Waals surface area contributed by atoms with Gasteiger partial charge in [0.1, 0.15) is 12.0 Å². The van der Waals surface area contributed by atoms with E-state index in [4.69, 9.17) is 0 Å². The van der Waals surface area contributed by atoms with Crippen molar-refractivity contribution in [2.45, 2.75) is 26.1 Å². The molecule has 1 aromatic carbocycles. The highest BCUT2D eigenvalue weighted by Gasteiger charge is 2.25. The molecule has 18 heavy (non-hydrogen) atoms. The first-order valence-corrected chi connectivity index (χ1v) is 6.01. The smallest absolute Gasteiger partial charge is 0.146 e. The van der Waals surface area contributed by atoms with Crippen LogP contribution in [0.2, 0.25) is 0 Å². The van der Waals surface area contributed by atoms with Crippen LogP contribution in [0.5, 0.6) is 0 Å². The summed E-state index contributed by atoms with van der Waals surface area (Å²) in [6.07, 6.45) is -0.586. The van der Waals surface area contributed by atoms with Crippen molar-refractivity contribution >= 4 is 5.82 Å². The van der Waals surface area contributed by atoms with Crippen molar-refractivity contribution in [2.75, 3.05) is 5.43 Å². The number of benzene rings is 1. The lowest BCUT2D eigenvalue weighted by molar-refractivity contribution is 0.192. The second-order valence-electron chi connectivity index (χ2n) is 4.66. The number of aromatic nitrogens is 2. The van der Waals surface area contributed by atoms with Crippen molar-refractivity contribution in [2.24, 2.45) is 0 Å². The first kappa shape index (κ1) is 11.3. The van der Waals surface area contributed by atoms with Crippen LogP contribution in [0.4, 0.5) is 5.82 Å². The summed E-state index contributed by atoms with van der Waals surface area (Å²) in [5.41, 5.74) is 9.29. The van der Waals surface area contributed by atoms with Gasteiger partial charge in [0.2, 0.25) is 0 Å². The molecule has 5 nitrogen and oxygen atoms in total. The van der Waals surface area contributed by atoms with Gasteiger partial charge in [0.25, 0.3) is 0 Å². The molecule has 0 amide bonds. The predicted molar refractivity (Wildman–Crippen MR) is 68.9 cm³/mol. The van der Waals surface area contributed by atoms with Crippen molar-refractivity contribution in [3.8, 4) is 0 Å². The van der Waals surface area contributed by atoms with Crippen molar-refractivity contribution < 1.29 is 5.11 Å². The van der Waals surface area contributed by atoms with Gasteiger partial charge < -0.3 is 10.5 Å². The van der Waals surface area contributed by atoms with E-state index < -0.39 is 6.10 Å². The van der Waals surface area contributed by atoms with E-state index in [1.165, 1.54) is 5.56 Å². The second kappa shape index (κ2) is 4.12. The Morgan fingerprint density at radius 2 is 2.06 bits per heavy atom. The van der Waals surface area contributed by atoms with Gasteiger partial charge in [-0.2, -0.15) is 5.10 Å². The van der Waals surface area contributed by atoms with E-state index >= 15 is 0 Å². The summed E-state index contributed by atoms with van der Waals surface area (Å²) in [6, 6.07) is 10.2. The van der Waals surface area contributed by atoms with Crippen molar-refractivity contribution in [3.63, 3.8) is 0 Å². The monoisotopic (exact) mass is 244 g/mol. The molecule has 1 aliphatic heterocycles. The third-order valence-corrected chi connectivity index (χ3v) is 3.16. The molecule has 0 aliphatic carbocycles. The summed E-state index contributed by atoms with van der Waals surface area (Å²) in [4.78, 5) is 0. The molecule has 0 radical (unpaired) electrons. The quantitative estimate of drug-likeness (QED) is 0.752. The predicted octanol–water partition coefficient (Wildman–Crippen LogP) is 1.72. The number of nitrogens with zero attached hydrogens (tertiary/aromatic N) is 2. The molecule has 1 aliphatic rings. The molecule has 2 unspecified atom stereocenters. The summed E-state index contributed by atoms with van der Waals surface area (Å²) >= 11 is 0. The SMILES string of the molecule is Cc1ccc(C2NNc3cc(C(C)O)nn32)cc1. The number of aryl methyl sites for hydroxylation is 1. The lowest BCUT2D eigenvalue weighted by Crippen LogP contribution is -2.23. The lowest BCUT2D eigenvalue weighted by Gasteiger charge is -2.12. The first-order chi connectivity index (χ1) is 8.65. The average Bonchev–Trinajstić information content (AvgIpc) is 2.89. The van der Waals surface area contributed by atoms with Crippen molar-refractivity contribution in [1.82, 2.24) is 15.2 Å². The van der Waals surface area contributed by atoms with Gasteiger partial charge >= 0.3 is 0 Å². The maximum Gasteiger partial charge on any atom is 0.146 e. The molecule has 1 aromatic heterocycles. The van der Waals surface area contributed by atoms with E-state index in [0.717, 1.165) is 11.4 Å². The fraction of sp³-hybridized carbons (Fsp3) is 0.308. The van der Waals surface area contributed by atoms with Crippen LogP contribution < -0.4 is 10.9 Å². The van der Waals surface area contributed by atoms with Crippen LogP contribution in [-0.4, -0.2) is 14.9 Å². The third kappa shape index (κ3) is 1.77. The van der Waals surface area contributed by atoms with Crippen LogP contribution in [-0.2, 0) is 0 Å². The van der Waals surface area contributed by atoms with Gasteiger partial charge in [-0.25, -0.2) is 10.1 Å². The summed E-state index contributed by atoms with van der Waals surface area (Å²) < 4.78 is 1.85. The van der Waals surface area contributed by atoms with Crippen LogP contribution in [0.1, 0.15) is 36.0 Å². The Morgan fingerprint density at radius 1 is 1.33 bits per heavy atom. The van der Waals surface area contributed by atoms with E-state index in [1.807, 2.05) is 10.7 Å². The minimum Gasteiger partial charge on any atom is -0.387 e. The molecule has 0 saturated heterocycles. The van der Waals surface area contributed by atoms with Gasteiger partial charge in [-0.15, -0.1) is 0 Å². The van der Waals surface area contributed by atoms with Crippen LogP contribution in [0.15, 0.2) is 30.3 Å². The number of rotatable bonds is 2. The van der Waals surface area contributed by atoms with E-state index in [2.05, 4.69) is 47.1 Å². The molecule has 2 aromatic rings. The molecule has 3 N–H and O–H groups in total. The fourth-order valence-electron chi connectivity index (χ4n) is 2.08. The van der Waals surface area contributed by atoms with Gasteiger partial charge in [-0.05, 0) is 19.4 Å². The number of hydrogen-bond donors (Lipinski definition) is 3. The number of nitrogens with one attached hydrogen (secondary N) is 2. The van der Waals surface area contributed by atoms with E-state index in [0.29, 0.717) is 5.69 Å². The molecular weight excluding hydrogens is 228 g/mol. The highest BCUT2D eigenvalue weighted by molar-refractivity contribution is 5.42. The highest BCUT2D eigenvalue weighted by Crippen LogP contribution is 2.27. The maximum absolute atomic E-state index is 9.55. The fourth-order valence-corrected chi connectivity index (χ4v) is 2.08. The molecule has 94 valence electrons. The number of aliphatic hydroxyl groups excluding tert-OH is 1. The van der Waals surface area contributed by atoms with Gasteiger partial charge in [0, 0.05) is 6.07 Å². The Morgan fingerprint density at radius 3 is 2.72 bits per heavy atom. The molecule has 0 bridgehead atoms. The highest BCUT2D eigenvalue weighted by atomic mass is 16.3. The van der Waals surface area contributed by atoms with E-state index in [9.17, 15) is 5.11 Å². The Labute approximate surface area is 105 Å². The number of aliphatic hydroxyl groups is 1. The van der Waals surface area contributed by atoms with Crippen LogP contribution >= 0.6 is 0 Å². The summed E-state index contributed by atoms with van der Waals surface area (Å²) in [5, 5.41) is 14.0. The summed E-state index contributed by atoms with van der Waals surface area (Å²) in [5.74, 6) is 0.872. The average molecular weight is 244 g/mol. The molecule has 0 fully saturated rings. The second-order valence-corrected chi connectivity index (χ2v) is 4.66.